The highest BCUT2D eigenvalue weighted by atomic mass is 35.5. The minimum absolute atomic E-state index is 0. The molecule has 1 aromatic carbocycles. The van der Waals surface area contributed by atoms with Crippen LogP contribution in [-0.4, -0.2) is 47.6 Å². The molecule has 0 bridgehead atoms. The molecule has 1 fully saturated rings. The Morgan fingerprint density at radius 1 is 1.21 bits per heavy atom. The van der Waals surface area contributed by atoms with E-state index >= 15 is 4.39 Å². The first kappa shape index (κ1) is 27.6. The van der Waals surface area contributed by atoms with Crippen LogP contribution in [0.3, 0.4) is 0 Å². The van der Waals surface area contributed by atoms with Crippen LogP contribution in [0.5, 0.6) is 0 Å². The Morgan fingerprint density at radius 2 is 2.00 bits per heavy atom. The van der Waals surface area contributed by atoms with Crippen molar-refractivity contribution in [2.75, 3.05) is 11.4 Å². The molecule has 2 atom stereocenters. The number of alkyl halides is 1. The Morgan fingerprint density at radius 3 is 2.74 bits per heavy atom. The lowest BCUT2D eigenvalue weighted by molar-refractivity contribution is 0.101. The molecule has 1 N–H and O–H groups in total. The van der Waals surface area contributed by atoms with Gasteiger partial charge in [-0.25, -0.2) is 23.3 Å². The van der Waals surface area contributed by atoms with Crippen LogP contribution in [-0.2, 0) is 0 Å². The van der Waals surface area contributed by atoms with E-state index in [1.807, 2.05) is 0 Å². The van der Waals surface area contributed by atoms with Gasteiger partial charge in [-0.2, -0.15) is 32.1 Å². The highest BCUT2D eigenvalue weighted by molar-refractivity contribution is 7.59. The van der Waals surface area contributed by atoms with Gasteiger partial charge in [0.2, 0.25) is 0 Å². The van der Waals surface area contributed by atoms with Crippen LogP contribution in [0, 0.1) is 5.82 Å². The number of Topliss-reactive ketones (excluding diaryl/α,β-unsaturated/α-hetero) is 1. The minimum atomic E-state index is -1.28. The fraction of sp³-hybridized carbons (Fsp3) is 0.208. The van der Waals surface area contributed by atoms with Crippen LogP contribution in [0.1, 0.15) is 35.6 Å². The lowest BCUT2D eigenvalue weighted by Gasteiger charge is -2.27. The van der Waals surface area contributed by atoms with Gasteiger partial charge in [0.05, 0.1) is 28.7 Å². The van der Waals surface area contributed by atoms with Gasteiger partial charge >= 0.3 is 0 Å². The highest BCUT2D eigenvalue weighted by Crippen LogP contribution is 2.39. The summed E-state index contributed by atoms with van der Waals surface area (Å²) in [6, 6.07) is 6.27. The number of benzene rings is 1. The lowest BCUT2D eigenvalue weighted by Crippen LogP contribution is -2.33. The molecule has 6 rings (SSSR count). The van der Waals surface area contributed by atoms with Gasteiger partial charge in [0.15, 0.2) is 11.6 Å². The quantitative estimate of drug-likeness (QED) is 0.320. The standard InChI is InChI=1S/C24H18ClF2N7O2.2H2S/c1-12(35)16-9-28-21-19(16)23(30-11-29-21)32-10-14(27)8-18(32)22-31-33-6-5-17(25)20(33)24(36)34(22)15-4-2-3-13(26)7-15;;/h2-7,9,11,14,18H,8,10H2,1H3,(H,28,29,30);2*1H2/t14-,18-;;/m0../s1. The Kier molecular flexibility index (Phi) is 7.55. The maximum atomic E-state index is 15.0. The number of hydrogen-bond acceptors (Lipinski definition) is 6. The molecule has 0 amide bonds. The summed E-state index contributed by atoms with van der Waals surface area (Å²) in [4.78, 5) is 39.2. The van der Waals surface area contributed by atoms with E-state index in [1.165, 1.54) is 59.0 Å². The van der Waals surface area contributed by atoms with Gasteiger partial charge in [0, 0.05) is 24.4 Å². The zero-order chi connectivity index (χ0) is 25.1. The van der Waals surface area contributed by atoms with Gasteiger partial charge in [-0.1, -0.05) is 17.7 Å². The maximum absolute atomic E-state index is 15.0. The summed E-state index contributed by atoms with van der Waals surface area (Å²) in [5.41, 5.74) is 0.601. The number of nitrogens with one attached hydrogen (secondary N) is 1. The molecule has 0 aliphatic carbocycles. The predicted octanol–water partition coefficient (Wildman–Crippen LogP) is 4.27. The number of halogens is 3. The van der Waals surface area contributed by atoms with Gasteiger partial charge < -0.3 is 9.88 Å². The number of ketones is 1. The second-order valence-electron chi connectivity index (χ2n) is 8.62. The summed E-state index contributed by atoms with van der Waals surface area (Å²) >= 11 is 6.26. The van der Waals surface area contributed by atoms with Crippen molar-refractivity contribution in [1.29, 1.82) is 0 Å². The van der Waals surface area contributed by atoms with Gasteiger partial charge in [0.25, 0.3) is 5.56 Å². The molecule has 0 saturated carbocycles. The number of carbonyl (C=O) groups is 1. The maximum Gasteiger partial charge on any atom is 0.284 e. The predicted molar refractivity (Wildman–Crippen MR) is 150 cm³/mol. The number of hydrogen-bond donors (Lipinski definition) is 1. The molecule has 0 spiro atoms. The number of aromatic amines is 1. The second kappa shape index (κ2) is 10.4. The number of nitrogens with zero attached hydrogens (tertiary/aromatic N) is 6. The van der Waals surface area contributed by atoms with E-state index in [0.29, 0.717) is 22.4 Å². The van der Waals surface area contributed by atoms with Crippen molar-refractivity contribution in [3.8, 4) is 5.69 Å². The summed E-state index contributed by atoms with van der Waals surface area (Å²) in [5.74, 6) is -0.239. The molecular weight excluding hydrogens is 556 g/mol. The minimum Gasteiger partial charge on any atom is -0.345 e. The van der Waals surface area contributed by atoms with E-state index in [4.69, 9.17) is 11.6 Å². The fourth-order valence-electron chi connectivity index (χ4n) is 4.83. The average Bonchev–Trinajstić information content (AvgIpc) is 3.55. The van der Waals surface area contributed by atoms with Gasteiger partial charge in [-0.15, -0.1) is 0 Å². The van der Waals surface area contributed by atoms with E-state index < -0.39 is 23.6 Å². The summed E-state index contributed by atoms with van der Waals surface area (Å²) in [7, 11) is 0. The van der Waals surface area contributed by atoms with Crippen LogP contribution in [0.25, 0.3) is 22.2 Å². The number of carbonyl (C=O) groups excluding carboxylic acids is 1. The van der Waals surface area contributed by atoms with Crippen molar-refractivity contribution in [2.24, 2.45) is 0 Å². The molecular formula is C24H22ClF2N7O2S2. The molecule has 1 aliphatic rings. The van der Waals surface area contributed by atoms with Crippen molar-refractivity contribution in [3.63, 3.8) is 0 Å². The largest absolute Gasteiger partial charge is 0.345 e. The summed E-state index contributed by atoms with van der Waals surface area (Å²) in [6.45, 7) is 1.37. The second-order valence-corrected chi connectivity index (χ2v) is 9.02. The summed E-state index contributed by atoms with van der Waals surface area (Å²) in [5, 5.41) is 5.27. The molecule has 9 nitrogen and oxygen atoms in total. The number of aromatic nitrogens is 6. The smallest absolute Gasteiger partial charge is 0.284 e. The van der Waals surface area contributed by atoms with Crippen molar-refractivity contribution in [3.05, 3.63) is 81.6 Å². The summed E-state index contributed by atoms with van der Waals surface area (Å²) in [6.07, 6.45) is 3.11. The fourth-order valence-corrected chi connectivity index (χ4v) is 5.06. The molecule has 38 heavy (non-hydrogen) atoms. The van der Waals surface area contributed by atoms with Crippen molar-refractivity contribution >= 4 is 66.7 Å². The van der Waals surface area contributed by atoms with E-state index in [9.17, 15) is 14.0 Å². The van der Waals surface area contributed by atoms with Gasteiger partial charge in [-0.3, -0.25) is 14.2 Å². The SMILES string of the molecule is CC(=O)c1c[nH]c2ncnc(N3C[C@@H](F)C[C@H]3c3nn4ccc(Cl)c4c(=O)n3-c3cccc(F)c3)c12.S.S. The monoisotopic (exact) mass is 577 g/mol. The average molecular weight is 578 g/mol. The van der Waals surface area contributed by atoms with Gasteiger partial charge in [0.1, 0.15) is 35.3 Å². The first-order chi connectivity index (χ1) is 17.3. The molecule has 14 heteroatoms. The molecule has 0 unspecified atom stereocenters. The third-order valence-electron chi connectivity index (χ3n) is 6.38. The molecule has 5 heterocycles. The first-order valence-electron chi connectivity index (χ1n) is 11.1. The van der Waals surface area contributed by atoms with Crippen LogP contribution in [0.4, 0.5) is 14.6 Å². The Labute approximate surface area is 233 Å². The topological polar surface area (TPSA) is 101 Å². The zero-order valence-electron chi connectivity index (χ0n) is 19.8. The van der Waals surface area contributed by atoms with Crippen molar-refractivity contribution in [2.45, 2.75) is 25.6 Å². The number of anilines is 1. The van der Waals surface area contributed by atoms with Crippen LogP contribution in [0.2, 0.25) is 5.02 Å². The normalized spacial score (nSPS) is 17.0. The van der Waals surface area contributed by atoms with E-state index in [0.717, 1.165) is 0 Å². The number of fused-ring (bicyclic) bond motifs is 2. The summed E-state index contributed by atoms with van der Waals surface area (Å²) < 4.78 is 31.8. The molecule has 0 radical (unpaired) electrons. The molecule has 5 aromatic rings. The third kappa shape index (κ3) is 4.33. The van der Waals surface area contributed by atoms with E-state index in [1.54, 1.807) is 11.0 Å². The lowest BCUT2D eigenvalue weighted by atomic mass is 10.1. The highest BCUT2D eigenvalue weighted by Gasteiger charge is 2.39. The first-order valence-corrected chi connectivity index (χ1v) is 11.5. The molecule has 1 aliphatic heterocycles. The van der Waals surface area contributed by atoms with Gasteiger partial charge in [-0.05, 0) is 31.2 Å². The van der Waals surface area contributed by atoms with Crippen molar-refractivity contribution in [1.82, 2.24) is 29.1 Å². The Bertz CT molecular complexity index is 1740. The molecule has 4 aromatic heterocycles. The Hall–Kier alpha value is -3.42. The van der Waals surface area contributed by atoms with Crippen LogP contribution < -0.4 is 10.5 Å². The zero-order valence-corrected chi connectivity index (χ0v) is 22.6. The van der Waals surface area contributed by atoms with E-state index in [-0.39, 0.29) is 67.8 Å². The molecule has 1 saturated heterocycles. The number of H-pyrrole nitrogens is 1. The Balaban J connectivity index is 0.00000168. The third-order valence-corrected chi connectivity index (χ3v) is 6.68. The number of rotatable bonds is 4. The van der Waals surface area contributed by atoms with E-state index in [2.05, 4.69) is 20.1 Å². The van der Waals surface area contributed by atoms with Crippen LogP contribution in [0.15, 0.2) is 53.8 Å². The molecule has 198 valence electrons. The van der Waals surface area contributed by atoms with Crippen LogP contribution >= 0.6 is 38.6 Å². The van der Waals surface area contributed by atoms with Crippen molar-refractivity contribution < 1.29 is 13.6 Å².